The third kappa shape index (κ3) is 5.64. The molecule has 2 N–H and O–H groups in total. The molecule has 1 saturated heterocycles. The van der Waals surface area contributed by atoms with Gasteiger partial charge >= 0.3 is 0 Å². The largest absolute Gasteiger partial charge is 0.369 e. The number of benzene rings is 1. The van der Waals surface area contributed by atoms with Crippen molar-refractivity contribution in [3.05, 3.63) is 76.0 Å². The summed E-state index contributed by atoms with van der Waals surface area (Å²) in [5, 5.41) is 3.02. The van der Waals surface area contributed by atoms with Crippen LogP contribution in [0.25, 0.3) is 11.4 Å². The summed E-state index contributed by atoms with van der Waals surface area (Å²) in [6.07, 6.45) is 3.89. The van der Waals surface area contributed by atoms with Gasteiger partial charge in [0.1, 0.15) is 5.82 Å². The highest BCUT2D eigenvalue weighted by Crippen LogP contribution is 2.21. The number of aryl methyl sites for hydroxylation is 1. The fraction of sp³-hybridized carbons (Fsp3) is 0.360. The molecule has 4 rings (SSSR count). The van der Waals surface area contributed by atoms with Crippen molar-refractivity contribution in [1.82, 2.24) is 25.2 Å². The average molecular weight is 447 g/mol. The number of para-hydroxylation sites is 1. The fourth-order valence-corrected chi connectivity index (χ4v) is 4.09. The Hall–Kier alpha value is -3.52. The van der Waals surface area contributed by atoms with E-state index in [-0.39, 0.29) is 17.9 Å². The molecule has 0 saturated carbocycles. The third-order valence-electron chi connectivity index (χ3n) is 6.09. The summed E-state index contributed by atoms with van der Waals surface area (Å²) in [5.41, 5.74) is 4.05. The number of hydrogen-bond donors (Lipinski definition) is 2. The molecule has 8 heteroatoms. The van der Waals surface area contributed by atoms with Gasteiger partial charge in [-0.1, -0.05) is 18.2 Å². The number of rotatable bonds is 7. The van der Waals surface area contributed by atoms with E-state index in [2.05, 4.69) is 49.2 Å². The minimum absolute atomic E-state index is 0.0832. The van der Waals surface area contributed by atoms with E-state index < -0.39 is 0 Å². The highest BCUT2D eigenvalue weighted by atomic mass is 16.1. The molecule has 1 fully saturated rings. The van der Waals surface area contributed by atoms with Crippen molar-refractivity contribution < 1.29 is 4.79 Å². The van der Waals surface area contributed by atoms with Crippen LogP contribution in [0.4, 0.5) is 5.69 Å². The number of aromatic amines is 1. The summed E-state index contributed by atoms with van der Waals surface area (Å²) in [6.45, 7) is 6.29. The van der Waals surface area contributed by atoms with Gasteiger partial charge in [-0.2, -0.15) is 0 Å². The molecular formula is C25H30N6O2. The zero-order valence-corrected chi connectivity index (χ0v) is 19.2. The Morgan fingerprint density at radius 2 is 1.82 bits per heavy atom. The first kappa shape index (κ1) is 22.7. The number of piperazine rings is 1. The monoisotopic (exact) mass is 446 g/mol. The Labute approximate surface area is 193 Å². The van der Waals surface area contributed by atoms with Crippen LogP contribution < -0.4 is 15.8 Å². The molecule has 0 bridgehead atoms. The molecule has 0 atom stereocenters. The molecule has 3 heterocycles. The molecule has 0 unspecified atom stereocenters. The lowest BCUT2D eigenvalue weighted by Crippen LogP contribution is -2.45. The second-order valence-corrected chi connectivity index (χ2v) is 8.41. The number of H-pyrrole nitrogens is 1. The average Bonchev–Trinajstić information content (AvgIpc) is 2.83. The van der Waals surface area contributed by atoms with Crippen LogP contribution in [0.2, 0.25) is 0 Å². The predicted molar refractivity (Wildman–Crippen MR) is 129 cm³/mol. The van der Waals surface area contributed by atoms with Gasteiger partial charge in [0.2, 0.25) is 5.91 Å². The Morgan fingerprint density at radius 3 is 2.55 bits per heavy atom. The van der Waals surface area contributed by atoms with Crippen LogP contribution in [-0.4, -0.2) is 59.0 Å². The molecule has 1 aromatic carbocycles. The van der Waals surface area contributed by atoms with Crippen LogP contribution in [-0.2, 0) is 17.8 Å². The summed E-state index contributed by atoms with van der Waals surface area (Å²) < 4.78 is 0. The molecule has 1 aliphatic heterocycles. The SMILES string of the molecule is Cc1nc(-c2ccncc2)[nH]c(=O)c1CCC(=O)NCc1ccccc1N1CCN(C)CC1. The van der Waals surface area contributed by atoms with Gasteiger partial charge in [-0.05, 0) is 44.2 Å². The van der Waals surface area contributed by atoms with E-state index in [4.69, 9.17) is 0 Å². The van der Waals surface area contributed by atoms with Crippen molar-refractivity contribution in [1.29, 1.82) is 0 Å². The van der Waals surface area contributed by atoms with Crippen molar-refractivity contribution in [2.75, 3.05) is 38.1 Å². The first-order valence-electron chi connectivity index (χ1n) is 11.3. The summed E-state index contributed by atoms with van der Waals surface area (Å²) in [5.74, 6) is 0.425. The van der Waals surface area contributed by atoms with Gasteiger partial charge in [-0.3, -0.25) is 14.6 Å². The summed E-state index contributed by atoms with van der Waals surface area (Å²) in [6, 6.07) is 11.8. The zero-order valence-electron chi connectivity index (χ0n) is 19.2. The van der Waals surface area contributed by atoms with E-state index >= 15 is 0 Å². The van der Waals surface area contributed by atoms with Crippen LogP contribution in [0.5, 0.6) is 0 Å². The number of nitrogens with zero attached hydrogens (tertiary/aromatic N) is 4. The smallest absolute Gasteiger partial charge is 0.254 e. The quantitative estimate of drug-likeness (QED) is 0.578. The Bertz CT molecular complexity index is 1150. The van der Waals surface area contributed by atoms with Gasteiger partial charge in [0, 0.05) is 74.0 Å². The number of amides is 1. The van der Waals surface area contributed by atoms with Crippen molar-refractivity contribution in [2.24, 2.45) is 0 Å². The number of hydrogen-bond acceptors (Lipinski definition) is 6. The molecule has 1 aliphatic rings. The zero-order chi connectivity index (χ0) is 23.2. The van der Waals surface area contributed by atoms with E-state index in [1.807, 2.05) is 12.1 Å². The number of pyridine rings is 1. The minimum atomic E-state index is -0.206. The number of carbonyl (C=O) groups excluding carboxylic acids is 1. The van der Waals surface area contributed by atoms with Crippen molar-refractivity contribution in [3.63, 3.8) is 0 Å². The summed E-state index contributed by atoms with van der Waals surface area (Å²) >= 11 is 0. The molecule has 0 spiro atoms. The van der Waals surface area contributed by atoms with Crippen molar-refractivity contribution in [3.8, 4) is 11.4 Å². The predicted octanol–water partition coefficient (Wildman–Crippen LogP) is 2.14. The molecule has 8 nitrogen and oxygen atoms in total. The number of likely N-dealkylation sites (N-methyl/N-ethyl adjacent to an activating group) is 1. The van der Waals surface area contributed by atoms with Crippen LogP contribution in [0.1, 0.15) is 23.2 Å². The Balaban J connectivity index is 1.36. The standard InChI is InChI=1S/C25H30N6O2/c1-18-21(25(33)29-24(28-18)19-9-11-26-12-10-19)7-8-23(32)27-17-20-5-3-4-6-22(20)31-15-13-30(2)14-16-31/h3-6,9-12H,7-8,13-17H2,1-2H3,(H,27,32)(H,28,29,33). The van der Waals surface area contributed by atoms with E-state index in [1.54, 1.807) is 31.5 Å². The van der Waals surface area contributed by atoms with E-state index in [0.29, 0.717) is 30.0 Å². The van der Waals surface area contributed by atoms with Gasteiger partial charge in [0.15, 0.2) is 0 Å². The van der Waals surface area contributed by atoms with Crippen LogP contribution in [0.15, 0.2) is 53.6 Å². The van der Waals surface area contributed by atoms with Crippen LogP contribution >= 0.6 is 0 Å². The molecule has 0 radical (unpaired) electrons. The second kappa shape index (κ2) is 10.4. The minimum Gasteiger partial charge on any atom is -0.369 e. The highest BCUT2D eigenvalue weighted by molar-refractivity contribution is 5.76. The normalized spacial score (nSPS) is 14.3. The molecule has 172 valence electrons. The lowest BCUT2D eigenvalue weighted by atomic mass is 10.1. The summed E-state index contributed by atoms with van der Waals surface area (Å²) in [4.78, 5) is 41.2. The molecule has 33 heavy (non-hydrogen) atoms. The number of aromatic nitrogens is 3. The molecule has 1 amide bonds. The van der Waals surface area contributed by atoms with Gasteiger partial charge in [0.05, 0.1) is 0 Å². The van der Waals surface area contributed by atoms with Gasteiger partial charge < -0.3 is 20.1 Å². The molecular weight excluding hydrogens is 416 g/mol. The van der Waals surface area contributed by atoms with Crippen LogP contribution in [0, 0.1) is 6.92 Å². The maximum atomic E-state index is 12.6. The molecule has 2 aromatic heterocycles. The van der Waals surface area contributed by atoms with Gasteiger partial charge in [-0.15, -0.1) is 0 Å². The van der Waals surface area contributed by atoms with E-state index in [1.165, 1.54) is 5.69 Å². The molecule has 3 aromatic rings. The fourth-order valence-electron chi connectivity index (χ4n) is 4.09. The highest BCUT2D eigenvalue weighted by Gasteiger charge is 2.17. The maximum absolute atomic E-state index is 12.6. The first-order valence-corrected chi connectivity index (χ1v) is 11.3. The van der Waals surface area contributed by atoms with E-state index in [9.17, 15) is 9.59 Å². The van der Waals surface area contributed by atoms with Gasteiger partial charge in [0.25, 0.3) is 5.56 Å². The Kier molecular flexibility index (Phi) is 7.14. The van der Waals surface area contributed by atoms with E-state index in [0.717, 1.165) is 37.3 Å². The van der Waals surface area contributed by atoms with Crippen molar-refractivity contribution in [2.45, 2.75) is 26.3 Å². The topological polar surface area (TPSA) is 94.2 Å². The number of anilines is 1. The Morgan fingerprint density at radius 1 is 1.09 bits per heavy atom. The number of carbonyl (C=O) groups is 1. The maximum Gasteiger partial charge on any atom is 0.254 e. The molecule has 0 aliphatic carbocycles. The number of nitrogens with one attached hydrogen (secondary N) is 2. The summed E-state index contributed by atoms with van der Waals surface area (Å²) in [7, 11) is 2.14. The van der Waals surface area contributed by atoms with Gasteiger partial charge in [-0.25, -0.2) is 4.98 Å². The first-order chi connectivity index (χ1) is 16.0. The lowest BCUT2D eigenvalue weighted by molar-refractivity contribution is -0.121. The van der Waals surface area contributed by atoms with Crippen molar-refractivity contribution >= 4 is 11.6 Å². The lowest BCUT2D eigenvalue weighted by Gasteiger charge is -2.35. The third-order valence-corrected chi connectivity index (χ3v) is 6.09. The van der Waals surface area contributed by atoms with Crippen LogP contribution in [0.3, 0.4) is 0 Å². The second-order valence-electron chi connectivity index (χ2n) is 8.41.